The van der Waals surface area contributed by atoms with Crippen molar-refractivity contribution in [3.63, 3.8) is 0 Å². The molecular formula is C10H11N5. The molecule has 0 radical (unpaired) electrons. The quantitative estimate of drug-likeness (QED) is 0.748. The Morgan fingerprint density at radius 1 is 1.13 bits per heavy atom. The summed E-state index contributed by atoms with van der Waals surface area (Å²) >= 11 is 0. The summed E-state index contributed by atoms with van der Waals surface area (Å²) in [6, 6.07) is 0. The fraction of sp³-hybridized carbons (Fsp3) is 0.200. The lowest BCUT2D eigenvalue weighted by Gasteiger charge is -2.06. The highest BCUT2D eigenvalue weighted by molar-refractivity contribution is 5.63. The first-order valence-corrected chi connectivity index (χ1v) is 4.55. The van der Waals surface area contributed by atoms with Gasteiger partial charge in [0.15, 0.2) is 0 Å². The molecule has 0 aliphatic rings. The third-order valence-corrected chi connectivity index (χ3v) is 2.10. The van der Waals surface area contributed by atoms with E-state index in [0.717, 1.165) is 11.3 Å². The highest BCUT2D eigenvalue weighted by Gasteiger charge is 2.09. The molecule has 5 nitrogen and oxygen atoms in total. The van der Waals surface area contributed by atoms with Gasteiger partial charge in [-0.2, -0.15) is 0 Å². The van der Waals surface area contributed by atoms with E-state index in [0.29, 0.717) is 17.3 Å². The lowest BCUT2D eigenvalue weighted by Crippen LogP contribution is -2.02. The number of nitrogens with two attached hydrogens (primary N) is 1. The van der Waals surface area contributed by atoms with Crippen LogP contribution >= 0.6 is 0 Å². The predicted molar refractivity (Wildman–Crippen MR) is 56.9 cm³/mol. The van der Waals surface area contributed by atoms with Crippen LogP contribution in [0.1, 0.15) is 11.4 Å². The van der Waals surface area contributed by atoms with Gasteiger partial charge in [-0.05, 0) is 13.8 Å². The number of hydrogen-bond acceptors (Lipinski definition) is 5. The highest BCUT2D eigenvalue weighted by atomic mass is 15.0. The Hall–Kier alpha value is -2.04. The van der Waals surface area contributed by atoms with Gasteiger partial charge in [0, 0.05) is 18.0 Å². The fourth-order valence-electron chi connectivity index (χ4n) is 1.32. The van der Waals surface area contributed by atoms with Gasteiger partial charge in [-0.3, -0.25) is 9.97 Å². The molecule has 0 fully saturated rings. The van der Waals surface area contributed by atoms with Crippen molar-refractivity contribution in [3.8, 4) is 11.4 Å². The fourth-order valence-corrected chi connectivity index (χ4v) is 1.32. The summed E-state index contributed by atoms with van der Waals surface area (Å²) in [5.41, 5.74) is 8.05. The summed E-state index contributed by atoms with van der Waals surface area (Å²) in [6.45, 7) is 3.68. The molecule has 2 aromatic heterocycles. The third-order valence-electron chi connectivity index (χ3n) is 2.10. The molecule has 0 aliphatic carbocycles. The average Bonchev–Trinajstić information content (AvgIpc) is 2.24. The van der Waals surface area contributed by atoms with Crippen LogP contribution in [0.5, 0.6) is 0 Å². The monoisotopic (exact) mass is 201 g/mol. The van der Waals surface area contributed by atoms with Gasteiger partial charge in [-0.15, -0.1) is 0 Å². The molecule has 0 saturated carbocycles. The first kappa shape index (κ1) is 9.51. The van der Waals surface area contributed by atoms with Gasteiger partial charge >= 0.3 is 0 Å². The van der Waals surface area contributed by atoms with Crippen LogP contribution in [-0.2, 0) is 0 Å². The number of anilines is 1. The zero-order valence-corrected chi connectivity index (χ0v) is 8.60. The maximum absolute atomic E-state index is 5.76. The van der Waals surface area contributed by atoms with Crippen molar-refractivity contribution in [1.82, 2.24) is 19.9 Å². The van der Waals surface area contributed by atoms with Crippen LogP contribution in [0.2, 0.25) is 0 Å². The molecule has 0 amide bonds. The molecule has 76 valence electrons. The molecule has 0 unspecified atom stereocenters. The van der Waals surface area contributed by atoms with Gasteiger partial charge < -0.3 is 5.73 Å². The minimum absolute atomic E-state index is 0.489. The Bertz CT molecular complexity index is 481. The topological polar surface area (TPSA) is 77.6 Å². The number of aromatic nitrogens is 4. The number of nitrogen functional groups attached to an aromatic ring is 1. The minimum Gasteiger partial charge on any atom is -0.383 e. The second-order valence-electron chi connectivity index (χ2n) is 3.22. The smallest absolute Gasteiger partial charge is 0.130 e. The molecule has 2 aromatic rings. The number of nitrogens with zero attached hydrogens (tertiary/aromatic N) is 4. The lowest BCUT2D eigenvalue weighted by molar-refractivity contribution is 1.03. The number of hydrogen-bond donors (Lipinski definition) is 1. The SMILES string of the molecule is Cc1nc(N)c(C)c(-c2cnccn2)n1. The second-order valence-corrected chi connectivity index (χ2v) is 3.22. The molecule has 2 rings (SSSR count). The van der Waals surface area contributed by atoms with E-state index in [2.05, 4.69) is 19.9 Å². The predicted octanol–water partition coefficient (Wildman–Crippen LogP) is 1.13. The van der Waals surface area contributed by atoms with Crippen molar-refractivity contribution in [2.45, 2.75) is 13.8 Å². The van der Waals surface area contributed by atoms with Gasteiger partial charge in [-0.25, -0.2) is 9.97 Å². The Kier molecular flexibility index (Phi) is 2.29. The average molecular weight is 201 g/mol. The Labute approximate surface area is 87.4 Å². The molecule has 0 bridgehead atoms. The molecule has 0 aliphatic heterocycles. The van der Waals surface area contributed by atoms with Gasteiger partial charge in [0.05, 0.1) is 11.9 Å². The first-order chi connectivity index (χ1) is 7.18. The van der Waals surface area contributed by atoms with E-state index < -0.39 is 0 Å². The summed E-state index contributed by atoms with van der Waals surface area (Å²) in [6.07, 6.45) is 4.91. The van der Waals surface area contributed by atoms with Crippen LogP contribution in [0.3, 0.4) is 0 Å². The van der Waals surface area contributed by atoms with E-state index in [4.69, 9.17) is 5.73 Å². The van der Waals surface area contributed by atoms with Crippen LogP contribution < -0.4 is 5.73 Å². The largest absolute Gasteiger partial charge is 0.383 e. The molecule has 15 heavy (non-hydrogen) atoms. The maximum Gasteiger partial charge on any atom is 0.130 e. The normalized spacial score (nSPS) is 10.3. The molecule has 0 saturated heterocycles. The minimum atomic E-state index is 0.489. The molecule has 0 atom stereocenters. The lowest BCUT2D eigenvalue weighted by atomic mass is 10.2. The van der Waals surface area contributed by atoms with Crippen LogP contribution in [0.4, 0.5) is 5.82 Å². The molecule has 2 heterocycles. The zero-order chi connectivity index (χ0) is 10.8. The summed E-state index contributed by atoms with van der Waals surface area (Å²) < 4.78 is 0. The summed E-state index contributed by atoms with van der Waals surface area (Å²) in [5.74, 6) is 1.13. The summed E-state index contributed by atoms with van der Waals surface area (Å²) in [7, 11) is 0. The third kappa shape index (κ3) is 1.76. The van der Waals surface area contributed by atoms with E-state index in [1.165, 1.54) is 0 Å². The van der Waals surface area contributed by atoms with Crippen LogP contribution in [0.25, 0.3) is 11.4 Å². The van der Waals surface area contributed by atoms with Gasteiger partial charge in [0.2, 0.25) is 0 Å². The van der Waals surface area contributed by atoms with Crippen molar-refractivity contribution in [3.05, 3.63) is 30.0 Å². The molecular weight excluding hydrogens is 190 g/mol. The first-order valence-electron chi connectivity index (χ1n) is 4.55. The highest BCUT2D eigenvalue weighted by Crippen LogP contribution is 2.21. The van der Waals surface area contributed by atoms with Crippen molar-refractivity contribution < 1.29 is 0 Å². The van der Waals surface area contributed by atoms with Crippen LogP contribution in [0.15, 0.2) is 18.6 Å². The van der Waals surface area contributed by atoms with E-state index in [-0.39, 0.29) is 0 Å². The summed E-state index contributed by atoms with van der Waals surface area (Å²) in [4.78, 5) is 16.6. The van der Waals surface area contributed by atoms with Gasteiger partial charge in [-0.1, -0.05) is 0 Å². The van der Waals surface area contributed by atoms with E-state index >= 15 is 0 Å². The zero-order valence-electron chi connectivity index (χ0n) is 8.60. The molecule has 0 aromatic carbocycles. The van der Waals surface area contributed by atoms with Gasteiger partial charge in [0.25, 0.3) is 0 Å². The van der Waals surface area contributed by atoms with Gasteiger partial charge in [0.1, 0.15) is 17.3 Å². The van der Waals surface area contributed by atoms with E-state index in [9.17, 15) is 0 Å². The maximum atomic E-state index is 5.76. The molecule has 5 heteroatoms. The van der Waals surface area contributed by atoms with Crippen LogP contribution in [0, 0.1) is 13.8 Å². The Morgan fingerprint density at radius 3 is 2.60 bits per heavy atom. The number of aryl methyl sites for hydroxylation is 1. The number of rotatable bonds is 1. The van der Waals surface area contributed by atoms with Crippen molar-refractivity contribution >= 4 is 5.82 Å². The summed E-state index contributed by atoms with van der Waals surface area (Å²) in [5, 5.41) is 0. The second kappa shape index (κ2) is 3.61. The van der Waals surface area contributed by atoms with Crippen LogP contribution in [-0.4, -0.2) is 19.9 Å². The van der Waals surface area contributed by atoms with Crippen molar-refractivity contribution in [2.75, 3.05) is 5.73 Å². The van der Waals surface area contributed by atoms with Crippen molar-refractivity contribution in [2.24, 2.45) is 0 Å². The molecule has 0 spiro atoms. The standard InChI is InChI=1S/C10H11N5/c1-6-9(8-5-12-3-4-13-8)14-7(2)15-10(6)11/h3-5H,1-2H3,(H2,11,14,15). The Balaban J connectivity index is 2.63. The van der Waals surface area contributed by atoms with Crippen molar-refractivity contribution in [1.29, 1.82) is 0 Å². The molecule has 2 N–H and O–H groups in total. The van der Waals surface area contributed by atoms with E-state index in [1.54, 1.807) is 25.5 Å². The Morgan fingerprint density at radius 2 is 1.93 bits per heavy atom. The van der Waals surface area contributed by atoms with E-state index in [1.807, 2.05) is 6.92 Å².